The van der Waals surface area contributed by atoms with Crippen LogP contribution in [0.3, 0.4) is 0 Å². The third kappa shape index (κ3) is 2.60. The van der Waals surface area contributed by atoms with Crippen LogP contribution >= 0.6 is 11.3 Å². The predicted molar refractivity (Wildman–Crippen MR) is 53.9 cm³/mol. The van der Waals surface area contributed by atoms with Crippen molar-refractivity contribution in [2.24, 2.45) is 5.73 Å². The van der Waals surface area contributed by atoms with E-state index in [9.17, 15) is 0 Å². The second-order valence-corrected chi connectivity index (χ2v) is 3.16. The second kappa shape index (κ2) is 4.85. The van der Waals surface area contributed by atoms with E-state index in [2.05, 4.69) is 4.98 Å². The van der Waals surface area contributed by atoms with Gasteiger partial charge in [-0.25, -0.2) is 4.98 Å². The number of hydrogen-bond donors (Lipinski definition) is 1. The van der Waals surface area contributed by atoms with Gasteiger partial charge in [-0.05, 0) is 13.0 Å². The molecule has 2 nitrogen and oxygen atoms in total. The molecule has 0 unspecified atom stereocenters. The molecule has 2 N–H and O–H groups in total. The molecule has 0 atom stereocenters. The van der Waals surface area contributed by atoms with E-state index in [0.29, 0.717) is 6.54 Å². The predicted octanol–water partition coefficient (Wildman–Crippen LogP) is 2.19. The van der Waals surface area contributed by atoms with Gasteiger partial charge in [-0.3, -0.25) is 0 Å². The minimum Gasteiger partial charge on any atom is -0.325 e. The van der Waals surface area contributed by atoms with Crippen LogP contribution in [0, 0.1) is 0 Å². The number of nitrogens with zero attached hydrogens (tertiary/aromatic N) is 1. The number of allylic oxidation sites excluding steroid dienone is 3. The van der Waals surface area contributed by atoms with Crippen LogP contribution in [0.1, 0.15) is 17.6 Å². The van der Waals surface area contributed by atoms with Gasteiger partial charge < -0.3 is 5.73 Å². The van der Waals surface area contributed by atoms with Crippen molar-refractivity contribution in [3.63, 3.8) is 0 Å². The number of rotatable bonds is 3. The molecule has 0 spiro atoms. The maximum absolute atomic E-state index is 5.42. The van der Waals surface area contributed by atoms with Crippen LogP contribution < -0.4 is 5.73 Å². The molecule has 0 aliphatic rings. The van der Waals surface area contributed by atoms with E-state index in [1.807, 2.05) is 36.6 Å². The highest BCUT2D eigenvalue weighted by Crippen LogP contribution is 2.10. The molecular formula is C9H12N2S. The Hall–Kier alpha value is -0.930. The summed E-state index contributed by atoms with van der Waals surface area (Å²) < 4.78 is 0. The van der Waals surface area contributed by atoms with Gasteiger partial charge in [0.25, 0.3) is 0 Å². The van der Waals surface area contributed by atoms with E-state index in [1.165, 1.54) is 0 Å². The summed E-state index contributed by atoms with van der Waals surface area (Å²) >= 11 is 1.61. The molecule has 1 aromatic heterocycles. The highest BCUT2D eigenvalue weighted by molar-refractivity contribution is 7.10. The van der Waals surface area contributed by atoms with Crippen molar-refractivity contribution in [3.05, 3.63) is 34.3 Å². The minimum atomic E-state index is 0.522. The summed E-state index contributed by atoms with van der Waals surface area (Å²) in [5.74, 6) is 0. The number of nitrogens with two attached hydrogens (primary N) is 1. The summed E-state index contributed by atoms with van der Waals surface area (Å²) in [6.07, 6.45) is 7.90. The Balaban J connectivity index is 2.63. The molecule has 64 valence electrons. The van der Waals surface area contributed by atoms with Crippen LogP contribution in [0.15, 0.2) is 23.6 Å². The van der Waals surface area contributed by atoms with Crippen molar-refractivity contribution >= 4 is 17.4 Å². The Labute approximate surface area is 76.4 Å². The zero-order valence-corrected chi connectivity index (χ0v) is 7.84. The van der Waals surface area contributed by atoms with Gasteiger partial charge in [0.15, 0.2) is 0 Å². The number of aromatic nitrogens is 1. The fraction of sp³-hybridized carbons (Fsp3) is 0.222. The summed E-state index contributed by atoms with van der Waals surface area (Å²) in [6, 6.07) is 0. The smallest absolute Gasteiger partial charge is 0.116 e. The molecule has 1 rings (SSSR count). The Morgan fingerprint density at radius 2 is 2.42 bits per heavy atom. The lowest BCUT2D eigenvalue weighted by Gasteiger charge is -1.82. The van der Waals surface area contributed by atoms with E-state index < -0.39 is 0 Å². The van der Waals surface area contributed by atoms with Crippen LogP contribution in [-0.4, -0.2) is 4.98 Å². The van der Waals surface area contributed by atoms with Crippen molar-refractivity contribution in [3.8, 4) is 0 Å². The normalized spacial score (nSPS) is 11.8. The van der Waals surface area contributed by atoms with Crippen LogP contribution in [0.25, 0.3) is 6.08 Å². The summed E-state index contributed by atoms with van der Waals surface area (Å²) in [5.41, 5.74) is 6.38. The molecular weight excluding hydrogens is 168 g/mol. The van der Waals surface area contributed by atoms with Crippen molar-refractivity contribution in [2.75, 3.05) is 0 Å². The molecule has 0 aliphatic carbocycles. The van der Waals surface area contributed by atoms with Gasteiger partial charge in [-0.1, -0.05) is 18.2 Å². The van der Waals surface area contributed by atoms with E-state index in [4.69, 9.17) is 5.73 Å². The fourth-order valence-electron chi connectivity index (χ4n) is 0.742. The van der Waals surface area contributed by atoms with E-state index in [0.717, 1.165) is 10.7 Å². The summed E-state index contributed by atoms with van der Waals surface area (Å²) in [5, 5.41) is 2.99. The Bertz CT molecular complexity index is 286. The average Bonchev–Trinajstić information content (AvgIpc) is 2.53. The first-order valence-electron chi connectivity index (χ1n) is 3.80. The second-order valence-electron chi connectivity index (χ2n) is 2.27. The van der Waals surface area contributed by atoms with Crippen LogP contribution in [0.5, 0.6) is 0 Å². The SMILES string of the molecule is C/C=C/C=C/c1nc(CN)cs1. The van der Waals surface area contributed by atoms with Gasteiger partial charge in [-0.2, -0.15) is 0 Å². The largest absolute Gasteiger partial charge is 0.325 e. The molecule has 0 fully saturated rings. The highest BCUT2D eigenvalue weighted by atomic mass is 32.1. The molecule has 0 radical (unpaired) electrons. The Kier molecular flexibility index (Phi) is 3.70. The van der Waals surface area contributed by atoms with Crippen molar-refractivity contribution in [2.45, 2.75) is 13.5 Å². The van der Waals surface area contributed by atoms with Gasteiger partial charge in [-0.15, -0.1) is 11.3 Å². The van der Waals surface area contributed by atoms with E-state index in [1.54, 1.807) is 11.3 Å². The number of thiazole rings is 1. The first-order valence-corrected chi connectivity index (χ1v) is 4.68. The van der Waals surface area contributed by atoms with Crippen molar-refractivity contribution in [1.29, 1.82) is 0 Å². The lowest BCUT2D eigenvalue weighted by Crippen LogP contribution is -1.95. The summed E-state index contributed by atoms with van der Waals surface area (Å²) in [6.45, 7) is 2.51. The molecule has 0 bridgehead atoms. The molecule has 0 saturated heterocycles. The van der Waals surface area contributed by atoms with Gasteiger partial charge >= 0.3 is 0 Å². The highest BCUT2D eigenvalue weighted by Gasteiger charge is 1.94. The quantitative estimate of drug-likeness (QED) is 0.724. The third-order valence-electron chi connectivity index (χ3n) is 1.32. The van der Waals surface area contributed by atoms with E-state index in [-0.39, 0.29) is 0 Å². The first kappa shape index (κ1) is 9.16. The molecule has 0 amide bonds. The summed E-state index contributed by atoms with van der Waals surface area (Å²) in [7, 11) is 0. The molecule has 0 saturated carbocycles. The van der Waals surface area contributed by atoms with Gasteiger partial charge in [0.05, 0.1) is 5.69 Å². The Morgan fingerprint density at radius 3 is 3.00 bits per heavy atom. The lowest BCUT2D eigenvalue weighted by molar-refractivity contribution is 1.01. The molecule has 1 aromatic rings. The minimum absolute atomic E-state index is 0.522. The lowest BCUT2D eigenvalue weighted by atomic mass is 10.4. The average molecular weight is 180 g/mol. The third-order valence-corrected chi connectivity index (χ3v) is 2.18. The fourth-order valence-corrected chi connectivity index (χ4v) is 1.47. The van der Waals surface area contributed by atoms with Crippen LogP contribution in [-0.2, 0) is 6.54 Å². The summed E-state index contributed by atoms with van der Waals surface area (Å²) in [4.78, 5) is 4.27. The standard InChI is InChI=1S/C9H12N2S/c1-2-3-4-5-9-11-8(6-10)7-12-9/h2-5,7H,6,10H2,1H3/b3-2+,5-4+. The molecule has 3 heteroatoms. The number of hydrogen-bond acceptors (Lipinski definition) is 3. The van der Waals surface area contributed by atoms with Crippen molar-refractivity contribution < 1.29 is 0 Å². The first-order chi connectivity index (χ1) is 5.86. The Morgan fingerprint density at radius 1 is 1.58 bits per heavy atom. The molecule has 12 heavy (non-hydrogen) atoms. The molecule has 0 aromatic carbocycles. The van der Waals surface area contributed by atoms with E-state index >= 15 is 0 Å². The van der Waals surface area contributed by atoms with Gasteiger partial charge in [0.2, 0.25) is 0 Å². The maximum atomic E-state index is 5.42. The molecule has 0 aliphatic heterocycles. The zero-order chi connectivity index (χ0) is 8.81. The zero-order valence-electron chi connectivity index (χ0n) is 7.03. The van der Waals surface area contributed by atoms with Gasteiger partial charge in [0, 0.05) is 11.9 Å². The topological polar surface area (TPSA) is 38.9 Å². The molecule has 1 heterocycles. The monoisotopic (exact) mass is 180 g/mol. The van der Waals surface area contributed by atoms with Gasteiger partial charge in [0.1, 0.15) is 5.01 Å². The maximum Gasteiger partial charge on any atom is 0.116 e. The van der Waals surface area contributed by atoms with Crippen LogP contribution in [0.2, 0.25) is 0 Å². The van der Waals surface area contributed by atoms with Crippen molar-refractivity contribution in [1.82, 2.24) is 4.98 Å². The van der Waals surface area contributed by atoms with Crippen LogP contribution in [0.4, 0.5) is 0 Å².